The van der Waals surface area contributed by atoms with Crippen molar-refractivity contribution in [3.63, 3.8) is 0 Å². The normalized spacial score (nSPS) is 10.8. The Hall–Kier alpha value is -2.19. The van der Waals surface area contributed by atoms with Crippen molar-refractivity contribution in [2.75, 3.05) is 6.54 Å². The highest BCUT2D eigenvalue weighted by Gasteiger charge is 2.04. The van der Waals surface area contributed by atoms with E-state index < -0.39 is 0 Å². The number of hydrogen-bond acceptors (Lipinski definition) is 2. The van der Waals surface area contributed by atoms with Gasteiger partial charge in [0.1, 0.15) is 0 Å². The van der Waals surface area contributed by atoms with E-state index in [0.717, 1.165) is 13.1 Å². The summed E-state index contributed by atoms with van der Waals surface area (Å²) in [6.07, 6.45) is 3.77. The lowest BCUT2D eigenvalue weighted by Gasteiger charge is -2.09. The smallest absolute Gasteiger partial charge is 0.0346 e. The summed E-state index contributed by atoms with van der Waals surface area (Å²) in [5.74, 6) is 0. The standard InChI is InChI=1S/C18H18N2/c1-2-19-12-14-5-3-6-15(11-14)17-8-4-7-16-13-20-10-9-18(16)17/h3-11,13,19H,2,12H2,1H3. The van der Waals surface area contributed by atoms with Crippen molar-refractivity contribution in [2.24, 2.45) is 0 Å². The van der Waals surface area contributed by atoms with Crippen LogP contribution in [0.1, 0.15) is 12.5 Å². The van der Waals surface area contributed by atoms with Crippen molar-refractivity contribution in [1.82, 2.24) is 10.3 Å². The van der Waals surface area contributed by atoms with E-state index in [9.17, 15) is 0 Å². The Balaban J connectivity index is 2.06. The number of nitrogens with one attached hydrogen (secondary N) is 1. The first-order chi connectivity index (χ1) is 9.88. The Labute approximate surface area is 119 Å². The predicted octanol–water partition coefficient (Wildman–Crippen LogP) is 4.01. The van der Waals surface area contributed by atoms with Crippen molar-refractivity contribution >= 4 is 10.8 Å². The minimum absolute atomic E-state index is 0.913. The topological polar surface area (TPSA) is 24.9 Å². The number of aromatic nitrogens is 1. The summed E-state index contributed by atoms with van der Waals surface area (Å²) in [5.41, 5.74) is 3.84. The first kappa shape index (κ1) is 12.8. The third-order valence-electron chi connectivity index (χ3n) is 3.50. The fourth-order valence-corrected chi connectivity index (χ4v) is 2.49. The molecule has 100 valence electrons. The van der Waals surface area contributed by atoms with Crippen LogP contribution < -0.4 is 5.32 Å². The number of pyridine rings is 1. The molecule has 3 rings (SSSR count). The first-order valence-corrected chi connectivity index (χ1v) is 7.01. The van der Waals surface area contributed by atoms with E-state index in [0.29, 0.717) is 0 Å². The highest BCUT2D eigenvalue weighted by atomic mass is 14.8. The summed E-state index contributed by atoms with van der Waals surface area (Å²) in [6.45, 7) is 4.03. The van der Waals surface area contributed by atoms with Gasteiger partial charge >= 0.3 is 0 Å². The molecule has 1 N–H and O–H groups in total. The lowest BCUT2D eigenvalue weighted by Crippen LogP contribution is -2.11. The molecular formula is C18H18N2. The van der Waals surface area contributed by atoms with Crippen LogP contribution in [0.3, 0.4) is 0 Å². The molecule has 0 aliphatic heterocycles. The summed E-state index contributed by atoms with van der Waals surface area (Å²) in [6, 6.07) is 17.2. The lowest BCUT2D eigenvalue weighted by molar-refractivity contribution is 0.727. The molecule has 2 heteroatoms. The number of nitrogens with zero attached hydrogens (tertiary/aromatic N) is 1. The molecule has 0 aliphatic rings. The summed E-state index contributed by atoms with van der Waals surface area (Å²) >= 11 is 0. The molecule has 0 radical (unpaired) electrons. The highest BCUT2D eigenvalue weighted by molar-refractivity contribution is 5.96. The molecule has 1 heterocycles. The average Bonchev–Trinajstić information content (AvgIpc) is 2.52. The van der Waals surface area contributed by atoms with Gasteiger partial charge in [-0.15, -0.1) is 0 Å². The Morgan fingerprint density at radius 3 is 2.85 bits per heavy atom. The zero-order chi connectivity index (χ0) is 13.8. The fourth-order valence-electron chi connectivity index (χ4n) is 2.49. The predicted molar refractivity (Wildman–Crippen MR) is 84.6 cm³/mol. The van der Waals surface area contributed by atoms with Gasteiger partial charge in [-0.05, 0) is 40.8 Å². The third-order valence-corrected chi connectivity index (χ3v) is 3.50. The van der Waals surface area contributed by atoms with Crippen LogP contribution in [0.15, 0.2) is 60.9 Å². The zero-order valence-corrected chi connectivity index (χ0v) is 11.6. The SMILES string of the molecule is CCNCc1cccc(-c2cccc3cnccc23)c1. The van der Waals surface area contributed by atoms with E-state index >= 15 is 0 Å². The lowest BCUT2D eigenvalue weighted by atomic mass is 9.98. The second-order valence-corrected chi connectivity index (χ2v) is 4.88. The van der Waals surface area contributed by atoms with Crippen LogP contribution in [-0.4, -0.2) is 11.5 Å². The van der Waals surface area contributed by atoms with Gasteiger partial charge in [0.25, 0.3) is 0 Å². The van der Waals surface area contributed by atoms with Gasteiger partial charge in [0.15, 0.2) is 0 Å². The Morgan fingerprint density at radius 1 is 1.05 bits per heavy atom. The van der Waals surface area contributed by atoms with Gasteiger partial charge in [-0.25, -0.2) is 0 Å². The van der Waals surface area contributed by atoms with Crippen LogP contribution in [0.25, 0.3) is 21.9 Å². The van der Waals surface area contributed by atoms with Gasteiger partial charge in [-0.2, -0.15) is 0 Å². The van der Waals surface area contributed by atoms with E-state index in [1.807, 2.05) is 12.4 Å². The number of hydrogen-bond donors (Lipinski definition) is 1. The van der Waals surface area contributed by atoms with E-state index in [4.69, 9.17) is 0 Å². The molecule has 0 atom stereocenters. The van der Waals surface area contributed by atoms with Crippen molar-refractivity contribution in [2.45, 2.75) is 13.5 Å². The van der Waals surface area contributed by atoms with Gasteiger partial charge in [-0.1, -0.05) is 43.3 Å². The van der Waals surface area contributed by atoms with Gasteiger partial charge in [0.2, 0.25) is 0 Å². The molecule has 2 aromatic carbocycles. The maximum atomic E-state index is 4.20. The van der Waals surface area contributed by atoms with Crippen LogP contribution in [0.2, 0.25) is 0 Å². The van der Waals surface area contributed by atoms with Crippen molar-refractivity contribution in [1.29, 1.82) is 0 Å². The van der Waals surface area contributed by atoms with Gasteiger partial charge in [-0.3, -0.25) is 4.98 Å². The Bertz CT molecular complexity index is 714. The van der Waals surface area contributed by atoms with E-state index in [1.165, 1.54) is 27.5 Å². The molecule has 0 amide bonds. The molecule has 2 nitrogen and oxygen atoms in total. The molecule has 0 spiro atoms. The second-order valence-electron chi connectivity index (χ2n) is 4.88. The zero-order valence-electron chi connectivity index (χ0n) is 11.6. The average molecular weight is 262 g/mol. The summed E-state index contributed by atoms with van der Waals surface area (Å²) in [4.78, 5) is 4.20. The van der Waals surface area contributed by atoms with Crippen LogP contribution in [0.5, 0.6) is 0 Å². The Kier molecular flexibility index (Phi) is 3.75. The maximum Gasteiger partial charge on any atom is 0.0346 e. The van der Waals surface area contributed by atoms with Crippen molar-refractivity contribution in [3.05, 3.63) is 66.5 Å². The minimum Gasteiger partial charge on any atom is -0.313 e. The van der Waals surface area contributed by atoms with Crippen molar-refractivity contribution < 1.29 is 0 Å². The minimum atomic E-state index is 0.913. The second kappa shape index (κ2) is 5.85. The van der Waals surface area contributed by atoms with E-state index in [2.05, 4.69) is 65.8 Å². The van der Waals surface area contributed by atoms with Gasteiger partial charge in [0, 0.05) is 24.3 Å². The molecule has 0 unspecified atom stereocenters. The van der Waals surface area contributed by atoms with Gasteiger partial charge in [0.05, 0.1) is 0 Å². The first-order valence-electron chi connectivity index (χ1n) is 7.01. The highest BCUT2D eigenvalue weighted by Crippen LogP contribution is 2.28. The van der Waals surface area contributed by atoms with Crippen LogP contribution >= 0.6 is 0 Å². The number of fused-ring (bicyclic) bond motifs is 1. The Morgan fingerprint density at radius 2 is 1.95 bits per heavy atom. The van der Waals surface area contributed by atoms with Crippen LogP contribution in [-0.2, 0) is 6.54 Å². The van der Waals surface area contributed by atoms with Crippen LogP contribution in [0.4, 0.5) is 0 Å². The molecule has 3 aromatic rings. The van der Waals surface area contributed by atoms with Crippen LogP contribution in [0, 0.1) is 0 Å². The monoisotopic (exact) mass is 262 g/mol. The number of benzene rings is 2. The van der Waals surface area contributed by atoms with Gasteiger partial charge < -0.3 is 5.32 Å². The quantitative estimate of drug-likeness (QED) is 0.768. The fraction of sp³-hybridized carbons (Fsp3) is 0.167. The summed E-state index contributed by atoms with van der Waals surface area (Å²) < 4.78 is 0. The molecule has 20 heavy (non-hydrogen) atoms. The molecule has 1 aromatic heterocycles. The molecule has 0 bridgehead atoms. The largest absolute Gasteiger partial charge is 0.313 e. The van der Waals surface area contributed by atoms with E-state index in [1.54, 1.807) is 0 Å². The number of rotatable bonds is 4. The summed E-state index contributed by atoms with van der Waals surface area (Å²) in [5, 5.41) is 5.81. The molecule has 0 saturated heterocycles. The third kappa shape index (κ3) is 2.56. The maximum absolute atomic E-state index is 4.20. The summed E-state index contributed by atoms with van der Waals surface area (Å²) in [7, 11) is 0. The molecule has 0 aliphatic carbocycles. The van der Waals surface area contributed by atoms with Crippen molar-refractivity contribution in [3.8, 4) is 11.1 Å². The molecule has 0 saturated carbocycles. The molecular weight excluding hydrogens is 244 g/mol. The molecule has 0 fully saturated rings. The van der Waals surface area contributed by atoms with E-state index in [-0.39, 0.29) is 0 Å².